The fourth-order valence-corrected chi connectivity index (χ4v) is 1.70. The maximum Gasteiger partial charge on any atom is 0.296 e. The molecule has 0 radical (unpaired) electrons. The van der Waals surface area contributed by atoms with Crippen LogP contribution in [0, 0.1) is 6.92 Å². The van der Waals surface area contributed by atoms with Crippen molar-refractivity contribution < 1.29 is 13.6 Å². The molecule has 1 aromatic heterocycles. The van der Waals surface area contributed by atoms with Gasteiger partial charge in [-0.15, -0.1) is 0 Å². The summed E-state index contributed by atoms with van der Waals surface area (Å²) in [6.45, 7) is 4.15. The van der Waals surface area contributed by atoms with Crippen LogP contribution in [0.4, 0.5) is 8.78 Å². The second-order valence-corrected chi connectivity index (χ2v) is 3.90. The van der Waals surface area contributed by atoms with Crippen LogP contribution in [-0.4, -0.2) is 22.0 Å². The Balaban J connectivity index is 2.97. The highest BCUT2D eigenvalue weighted by molar-refractivity contribution is 9.10. The van der Waals surface area contributed by atoms with Crippen molar-refractivity contribution >= 4 is 21.7 Å². The number of carbonyl (C=O) groups is 1. The summed E-state index contributed by atoms with van der Waals surface area (Å²) in [5.74, 6) is -1.08. The van der Waals surface area contributed by atoms with Gasteiger partial charge in [-0.25, -0.2) is 8.78 Å². The van der Waals surface area contributed by atoms with Crippen molar-refractivity contribution in [1.82, 2.24) is 9.78 Å². The zero-order valence-corrected chi connectivity index (χ0v) is 10.0. The van der Waals surface area contributed by atoms with Crippen LogP contribution in [0.1, 0.15) is 18.3 Å². The maximum atomic E-state index is 12.1. The van der Waals surface area contributed by atoms with Crippen LogP contribution in [0.2, 0.25) is 0 Å². The highest BCUT2D eigenvalue weighted by Crippen LogP contribution is 2.22. The van der Waals surface area contributed by atoms with Gasteiger partial charge < -0.3 is 0 Å². The molecule has 15 heavy (non-hydrogen) atoms. The van der Waals surface area contributed by atoms with E-state index in [-0.39, 0.29) is 6.42 Å². The third kappa shape index (κ3) is 2.62. The maximum absolute atomic E-state index is 12.1. The molecule has 0 saturated heterocycles. The first kappa shape index (κ1) is 12.3. The number of aryl methyl sites for hydroxylation is 2. The molecule has 3 nitrogen and oxygen atoms in total. The average Bonchev–Trinajstić information content (AvgIpc) is 2.45. The first-order valence-electron chi connectivity index (χ1n) is 4.50. The van der Waals surface area contributed by atoms with Gasteiger partial charge in [0.05, 0.1) is 22.3 Å². The van der Waals surface area contributed by atoms with Crippen LogP contribution in [-0.2, 0) is 17.8 Å². The van der Waals surface area contributed by atoms with Gasteiger partial charge in [-0.05, 0) is 29.8 Å². The van der Waals surface area contributed by atoms with Crippen LogP contribution >= 0.6 is 15.9 Å². The van der Waals surface area contributed by atoms with Gasteiger partial charge in [-0.1, -0.05) is 0 Å². The van der Waals surface area contributed by atoms with Gasteiger partial charge in [0.15, 0.2) is 0 Å². The predicted octanol–water partition coefficient (Wildman–Crippen LogP) is 2.35. The van der Waals surface area contributed by atoms with Gasteiger partial charge in [0.25, 0.3) is 6.43 Å². The zero-order chi connectivity index (χ0) is 11.6. The molecule has 0 saturated carbocycles. The van der Waals surface area contributed by atoms with Crippen LogP contribution < -0.4 is 0 Å². The van der Waals surface area contributed by atoms with Crippen molar-refractivity contribution in [2.24, 2.45) is 0 Å². The van der Waals surface area contributed by atoms with E-state index in [1.54, 1.807) is 11.6 Å². The SMILES string of the molecule is CCn1nc(C)c(Br)c1CC(=O)C(F)F. The molecule has 0 fully saturated rings. The van der Waals surface area contributed by atoms with Gasteiger partial charge in [-0.2, -0.15) is 5.10 Å². The summed E-state index contributed by atoms with van der Waals surface area (Å²) in [7, 11) is 0. The Kier molecular flexibility index (Phi) is 3.96. The lowest BCUT2D eigenvalue weighted by Gasteiger charge is -2.04. The van der Waals surface area contributed by atoms with Gasteiger partial charge >= 0.3 is 0 Å². The molecular formula is C9H11BrF2N2O. The smallest absolute Gasteiger partial charge is 0.293 e. The Labute approximate surface area is 94.6 Å². The quantitative estimate of drug-likeness (QED) is 0.849. The highest BCUT2D eigenvalue weighted by atomic mass is 79.9. The van der Waals surface area contributed by atoms with Crippen molar-refractivity contribution in [3.05, 3.63) is 15.9 Å². The molecule has 1 heterocycles. The summed E-state index contributed by atoms with van der Waals surface area (Å²) in [5, 5.41) is 4.11. The Morgan fingerprint density at radius 1 is 1.60 bits per heavy atom. The van der Waals surface area contributed by atoms with Crippen LogP contribution in [0.5, 0.6) is 0 Å². The summed E-state index contributed by atoms with van der Waals surface area (Å²) in [5.41, 5.74) is 1.22. The van der Waals surface area contributed by atoms with Crippen molar-refractivity contribution in [2.45, 2.75) is 33.2 Å². The molecule has 1 aromatic rings. The van der Waals surface area contributed by atoms with Crippen molar-refractivity contribution in [3.63, 3.8) is 0 Å². The first-order chi connectivity index (χ1) is 6.97. The molecule has 0 amide bonds. The molecule has 6 heteroatoms. The number of aromatic nitrogens is 2. The minimum Gasteiger partial charge on any atom is -0.293 e. The fraction of sp³-hybridized carbons (Fsp3) is 0.556. The lowest BCUT2D eigenvalue weighted by atomic mass is 10.2. The number of Topliss-reactive ketones (excluding diaryl/α,β-unsaturated/α-hetero) is 1. The van der Waals surface area contributed by atoms with Crippen LogP contribution in [0.3, 0.4) is 0 Å². The average molecular weight is 281 g/mol. The molecule has 0 N–H and O–H groups in total. The van der Waals surface area contributed by atoms with E-state index in [4.69, 9.17) is 0 Å². The van der Waals surface area contributed by atoms with Gasteiger partial charge in [0.1, 0.15) is 0 Å². The summed E-state index contributed by atoms with van der Waals surface area (Å²) in [4.78, 5) is 10.9. The molecule has 0 bridgehead atoms. The van der Waals surface area contributed by atoms with Crippen LogP contribution in [0.25, 0.3) is 0 Å². The Morgan fingerprint density at radius 2 is 2.20 bits per heavy atom. The van der Waals surface area contributed by atoms with E-state index in [9.17, 15) is 13.6 Å². The molecule has 0 aliphatic rings. The van der Waals surface area contributed by atoms with Crippen molar-refractivity contribution in [3.8, 4) is 0 Å². The van der Waals surface area contributed by atoms with E-state index < -0.39 is 12.2 Å². The van der Waals surface area contributed by atoms with Crippen molar-refractivity contribution in [2.75, 3.05) is 0 Å². The number of nitrogens with zero attached hydrogens (tertiary/aromatic N) is 2. The third-order valence-electron chi connectivity index (χ3n) is 2.04. The summed E-state index contributed by atoms with van der Waals surface area (Å²) in [6.07, 6.45) is -3.20. The number of halogens is 3. The molecular weight excluding hydrogens is 270 g/mol. The minimum absolute atomic E-state index is 0.285. The number of hydrogen-bond donors (Lipinski definition) is 0. The number of ketones is 1. The third-order valence-corrected chi connectivity index (χ3v) is 3.07. The fourth-order valence-electron chi connectivity index (χ4n) is 1.28. The Morgan fingerprint density at radius 3 is 2.67 bits per heavy atom. The van der Waals surface area contributed by atoms with E-state index in [0.29, 0.717) is 22.4 Å². The van der Waals surface area contributed by atoms with Crippen molar-refractivity contribution in [1.29, 1.82) is 0 Å². The van der Waals surface area contributed by atoms with E-state index in [0.717, 1.165) is 0 Å². The normalized spacial score (nSPS) is 11.1. The predicted molar refractivity (Wildman–Crippen MR) is 55.1 cm³/mol. The number of alkyl halides is 2. The second-order valence-electron chi connectivity index (χ2n) is 3.11. The summed E-state index contributed by atoms with van der Waals surface area (Å²) >= 11 is 3.24. The lowest BCUT2D eigenvalue weighted by Crippen LogP contribution is -2.16. The largest absolute Gasteiger partial charge is 0.296 e. The Bertz CT molecular complexity index is 376. The topological polar surface area (TPSA) is 34.9 Å². The Hall–Kier alpha value is -0.780. The van der Waals surface area contributed by atoms with E-state index >= 15 is 0 Å². The number of carbonyl (C=O) groups excluding carboxylic acids is 1. The highest BCUT2D eigenvalue weighted by Gasteiger charge is 2.21. The molecule has 0 spiro atoms. The van der Waals surface area contributed by atoms with E-state index in [1.807, 2.05) is 6.92 Å². The minimum atomic E-state index is -2.92. The molecule has 1 rings (SSSR count). The lowest BCUT2D eigenvalue weighted by molar-refractivity contribution is -0.128. The zero-order valence-electron chi connectivity index (χ0n) is 8.43. The standard InChI is InChI=1S/C9H11BrF2N2O/c1-3-14-6(4-7(15)9(11)12)8(10)5(2)13-14/h9H,3-4H2,1-2H3. The summed E-state index contributed by atoms with van der Waals surface area (Å²) in [6, 6.07) is 0. The second kappa shape index (κ2) is 4.83. The van der Waals surface area contributed by atoms with E-state index in [1.165, 1.54) is 0 Å². The molecule has 0 atom stereocenters. The van der Waals surface area contributed by atoms with Gasteiger partial charge in [-0.3, -0.25) is 9.48 Å². The molecule has 0 aliphatic carbocycles. The number of hydrogen-bond acceptors (Lipinski definition) is 2. The number of rotatable bonds is 4. The molecule has 0 aliphatic heterocycles. The summed E-state index contributed by atoms with van der Waals surface area (Å²) < 4.78 is 26.4. The molecule has 0 unspecified atom stereocenters. The van der Waals surface area contributed by atoms with Crippen LogP contribution in [0.15, 0.2) is 4.47 Å². The molecule has 84 valence electrons. The first-order valence-corrected chi connectivity index (χ1v) is 5.29. The van der Waals surface area contributed by atoms with E-state index in [2.05, 4.69) is 21.0 Å². The molecule has 0 aromatic carbocycles. The monoisotopic (exact) mass is 280 g/mol. The van der Waals surface area contributed by atoms with Gasteiger partial charge in [0.2, 0.25) is 5.78 Å². The van der Waals surface area contributed by atoms with Gasteiger partial charge in [0, 0.05) is 6.54 Å².